The molecule has 2 rings (SSSR count). The molecule has 0 saturated heterocycles. The van der Waals surface area contributed by atoms with Crippen LogP contribution >= 0.6 is 27.5 Å². The van der Waals surface area contributed by atoms with Crippen molar-refractivity contribution in [1.82, 2.24) is 0 Å². The third kappa shape index (κ3) is 3.89. The Kier molecular flexibility index (Phi) is 4.75. The molecule has 1 saturated carbocycles. The van der Waals surface area contributed by atoms with Crippen LogP contribution in [0.5, 0.6) is 0 Å². The summed E-state index contributed by atoms with van der Waals surface area (Å²) in [6.07, 6.45) is 5.49. The monoisotopic (exact) mass is 315 g/mol. The lowest BCUT2D eigenvalue weighted by Crippen LogP contribution is -2.21. The Bertz CT molecular complexity index is 380. The molecule has 3 heteroatoms. The van der Waals surface area contributed by atoms with Crippen molar-refractivity contribution in [3.8, 4) is 0 Å². The second-order valence-electron chi connectivity index (χ2n) is 5.14. The Hall–Kier alpha value is -0.210. The van der Waals surface area contributed by atoms with E-state index < -0.39 is 0 Å². The Morgan fingerprint density at radius 3 is 3.00 bits per heavy atom. The van der Waals surface area contributed by atoms with Crippen LogP contribution in [0.4, 0.5) is 5.69 Å². The molecular formula is C14H19BrClN. The molecule has 0 bridgehead atoms. The van der Waals surface area contributed by atoms with Gasteiger partial charge in [-0.15, -0.1) is 0 Å². The van der Waals surface area contributed by atoms with Crippen molar-refractivity contribution in [2.24, 2.45) is 11.8 Å². The number of hydrogen-bond donors (Lipinski definition) is 1. The Morgan fingerprint density at radius 2 is 2.24 bits per heavy atom. The molecule has 2 atom stereocenters. The van der Waals surface area contributed by atoms with Crippen LogP contribution in [0.2, 0.25) is 5.02 Å². The molecule has 1 nitrogen and oxygen atoms in total. The van der Waals surface area contributed by atoms with Gasteiger partial charge in [0.2, 0.25) is 0 Å². The van der Waals surface area contributed by atoms with Crippen molar-refractivity contribution in [2.75, 3.05) is 11.9 Å². The van der Waals surface area contributed by atoms with Gasteiger partial charge in [-0.2, -0.15) is 0 Å². The van der Waals surface area contributed by atoms with Crippen molar-refractivity contribution in [3.05, 3.63) is 27.7 Å². The summed E-state index contributed by atoms with van der Waals surface area (Å²) in [5.41, 5.74) is 1.11. The van der Waals surface area contributed by atoms with Crippen molar-refractivity contribution in [3.63, 3.8) is 0 Å². The van der Waals surface area contributed by atoms with E-state index in [-0.39, 0.29) is 0 Å². The number of nitrogens with one attached hydrogen (secondary N) is 1. The van der Waals surface area contributed by atoms with Gasteiger partial charge in [-0.05, 0) is 58.8 Å². The van der Waals surface area contributed by atoms with Crippen LogP contribution < -0.4 is 5.32 Å². The standard InChI is InChI=1S/C14H19BrClN/c1-10-3-2-4-11(7-10)9-17-14-8-12(16)5-6-13(14)15/h5-6,8,10-11,17H,2-4,7,9H2,1H3. The molecule has 17 heavy (non-hydrogen) atoms. The molecule has 0 aromatic heterocycles. The van der Waals surface area contributed by atoms with Gasteiger partial charge in [0.25, 0.3) is 0 Å². The minimum Gasteiger partial charge on any atom is -0.384 e. The molecular weight excluding hydrogens is 298 g/mol. The lowest BCUT2D eigenvalue weighted by atomic mass is 9.82. The summed E-state index contributed by atoms with van der Waals surface area (Å²) < 4.78 is 1.09. The lowest BCUT2D eigenvalue weighted by molar-refractivity contribution is 0.293. The summed E-state index contributed by atoms with van der Waals surface area (Å²) in [6.45, 7) is 3.42. The van der Waals surface area contributed by atoms with Crippen molar-refractivity contribution in [1.29, 1.82) is 0 Å². The fourth-order valence-corrected chi connectivity index (χ4v) is 3.19. The maximum absolute atomic E-state index is 6.00. The molecule has 94 valence electrons. The van der Waals surface area contributed by atoms with Gasteiger partial charge in [-0.1, -0.05) is 31.4 Å². The summed E-state index contributed by atoms with van der Waals surface area (Å²) in [4.78, 5) is 0. The highest BCUT2D eigenvalue weighted by Gasteiger charge is 2.18. The van der Waals surface area contributed by atoms with Gasteiger partial charge < -0.3 is 5.32 Å². The van der Waals surface area contributed by atoms with E-state index >= 15 is 0 Å². The van der Waals surface area contributed by atoms with Crippen LogP contribution in [0.1, 0.15) is 32.6 Å². The normalized spacial score (nSPS) is 24.6. The molecule has 1 aromatic carbocycles. The van der Waals surface area contributed by atoms with E-state index in [0.29, 0.717) is 0 Å². The van der Waals surface area contributed by atoms with Crippen LogP contribution in [0, 0.1) is 11.8 Å². The predicted molar refractivity (Wildman–Crippen MR) is 78.8 cm³/mol. The first-order chi connectivity index (χ1) is 8.15. The first-order valence-electron chi connectivity index (χ1n) is 6.34. The Labute approximate surface area is 117 Å². The van der Waals surface area contributed by atoms with Crippen LogP contribution in [-0.2, 0) is 0 Å². The van der Waals surface area contributed by atoms with E-state index in [1.54, 1.807) is 0 Å². The highest BCUT2D eigenvalue weighted by atomic mass is 79.9. The van der Waals surface area contributed by atoms with Gasteiger partial charge in [-0.25, -0.2) is 0 Å². The van der Waals surface area contributed by atoms with Crippen LogP contribution in [0.3, 0.4) is 0 Å². The molecule has 1 fully saturated rings. The van der Waals surface area contributed by atoms with Crippen LogP contribution in [-0.4, -0.2) is 6.54 Å². The third-order valence-electron chi connectivity index (χ3n) is 3.55. The smallest absolute Gasteiger partial charge is 0.0499 e. The van der Waals surface area contributed by atoms with E-state index in [1.165, 1.54) is 25.7 Å². The highest BCUT2D eigenvalue weighted by molar-refractivity contribution is 9.10. The second kappa shape index (κ2) is 6.10. The van der Waals surface area contributed by atoms with E-state index in [2.05, 4.69) is 28.2 Å². The SMILES string of the molecule is CC1CCCC(CNc2cc(Cl)ccc2Br)C1. The summed E-state index contributed by atoms with van der Waals surface area (Å²) in [6, 6.07) is 5.88. The van der Waals surface area contributed by atoms with E-state index in [1.807, 2.05) is 18.2 Å². The van der Waals surface area contributed by atoms with E-state index in [0.717, 1.165) is 33.6 Å². The summed E-state index contributed by atoms with van der Waals surface area (Å²) in [5, 5.41) is 4.30. The zero-order chi connectivity index (χ0) is 12.3. The predicted octanol–water partition coefficient (Wildman–Crippen LogP) is 5.34. The highest BCUT2D eigenvalue weighted by Crippen LogP contribution is 2.30. The number of halogens is 2. The second-order valence-corrected chi connectivity index (χ2v) is 6.43. The fraction of sp³-hybridized carbons (Fsp3) is 0.571. The first-order valence-corrected chi connectivity index (χ1v) is 7.51. The van der Waals surface area contributed by atoms with Gasteiger partial charge in [0, 0.05) is 21.7 Å². The first kappa shape index (κ1) is 13.2. The molecule has 0 amide bonds. The molecule has 0 radical (unpaired) electrons. The topological polar surface area (TPSA) is 12.0 Å². The largest absolute Gasteiger partial charge is 0.384 e. The minimum atomic E-state index is 0.785. The maximum atomic E-state index is 6.00. The van der Waals surface area contributed by atoms with E-state index in [4.69, 9.17) is 11.6 Å². The quantitative estimate of drug-likeness (QED) is 0.793. The molecule has 2 unspecified atom stereocenters. The number of anilines is 1. The molecule has 0 heterocycles. The van der Waals surface area contributed by atoms with E-state index in [9.17, 15) is 0 Å². The van der Waals surface area contributed by atoms with Gasteiger partial charge in [-0.3, -0.25) is 0 Å². The van der Waals surface area contributed by atoms with Crippen molar-refractivity contribution >= 4 is 33.2 Å². The molecule has 0 spiro atoms. The van der Waals surface area contributed by atoms with Gasteiger partial charge in [0.15, 0.2) is 0 Å². The number of rotatable bonds is 3. The molecule has 1 aliphatic rings. The molecule has 0 aliphatic heterocycles. The lowest BCUT2D eigenvalue weighted by Gasteiger charge is -2.27. The summed E-state index contributed by atoms with van der Waals surface area (Å²) >= 11 is 9.55. The zero-order valence-corrected chi connectivity index (χ0v) is 12.5. The summed E-state index contributed by atoms with van der Waals surface area (Å²) in [7, 11) is 0. The Morgan fingerprint density at radius 1 is 1.41 bits per heavy atom. The average Bonchev–Trinajstić information content (AvgIpc) is 2.30. The number of benzene rings is 1. The minimum absolute atomic E-state index is 0.785. The Balaban J connectivity index is 1.90. The van der Waals surface area contributed by atoms with Crippen molar-refractivity contribution < 1.29 is 0 Å². The van der Waals surface area contributed by atoms with Gasteiger partial charge in [0.05, 0.1) is 0 Å². The third-order valence-corrected chi connectivity index (χ3v) is 4.48. The van der Waals surface area contributed by atoms with Crippen LogP contribution in [0.25, 0.3) is 0 Å². The molecule has 1 N–H and O–H groups in total. The zero-order valence-electron chi connectivity index (χ0n) is 10.2. The molecule has 1 aromatic rings. The maximum Gasteiger partial charge on any atom is 0.0499 e. The van der Waals surface area contributed by atoms with Crippen molar-refractivity contribution in [2.45, 2.75) is 32.6 Å². The number of hydrogen-bond acceptors (Lipinski definition) is 1. The van der Waals surface area contributed by atoms with Gasteiger partial charge >= 0.3 is 0 Å². The molecule has 1 aliphatic carbocycles. The van der Waals surface area contributed by atoms with Gasteiger partial charge in [0.1, 0.15) is 0 Å². The summed E-state index contributed by atoms with van der Waals surface area (Å²) in [5.74, 6) is 1.70. The average molecular weight is 317 g/mol. The fourth-order valence-electron chi connectivity index (χ4n) is 2.63. The van der Waals surface area contributed by atoms with Crippen LogP contribution in [0.15, 0.2) is 22.7 Å².